The van der Waals surface area contributed by atoms with Crippen LogP contribution in [0.5, 0.6) is 0 Å². The second kappa shape index (κ2) is 5.45. The zero-order valence-corrected chi connectivity index (χ0v) is 10.1. The molecule has 0 spiro atoms. The fourth-order valence-corrected chi connectivity index (χ4v) is 1.44. The summed E-state index contributed by atoms with van der Waals surface area (Å²) in [7, 11) is 3.94. The van der Waals surface area contributed by atoms with Gasteiger partial charge in [-0.05, 0) is 26.2 Å². The third-order valence-corrected chi connectivity index (χ3v) is 2.19. The van der Waals surface area contributed by atoms with Crippen LogP contribution in [-0.4, -0.2) is 29.1 Å². The quantitative estimate of drug-likeness (QED) is 0.851. The van der Waals surface area contributed by atoms with Crippen molar-refractivity contribution in [2.24, 2.45) is 0 Å². The molecule has 90 valence electrons. The molecule has 0 bridgehead atoms. The van der Waals surface area contributed by atoms with E-state index in [9.17, 15) is 0 Å². The lowest BCUT2D eigenvalue weighted by Gasteiger charge is -2.03. The molecule has 0 aliphatic rings. The van der Waals surface area contributed by atoms with Crippen LogP contribution in [0.4, 0.5) is 5.69 Å². The summed E-state index contributed by atoms with van der Waals surface area (Å²) in [6.07, 6.45) is 0. The summed E-state index contributed by atoms with van der Waals surface area (Å²) in [4.78, 5) is 6.28. The zero-order valence-electron chi connectivity index (χ0n) is 10.1. The number of nitrogens with one attached hydrogen (secondary N) is 1. The minimum atomic E-state index is 0.546. The van der Waals surface area contributed by atoms with Gasteiger partial charge in [-0.2, -0.15) is 4.98 Å². The van der Waals surface area contributed by atoms with Gasteiger partial charge in [-0.1, -0.05) is 23.4 Å². The molecule has 0 amide bonds. The first-order valence-corrected chi connectivity index (χ1v) is 5.49. The number of para-hydroxylation sites is 1. The molecule has 0 unspecified atom stereocenters. The Kier molecular flexibility index (Phi) is 3.72. The predicted octanol–water partition coefficient (Wildman–Crippen LogP) is 1.74. The minimum absolute atomic E-state index is 0.546. The fourth-order valence-electron chi connectivity index (χ4n) is 1.44. The summed E-state index contributed by atoms with van der Waals surface area (Å²) in [6.45, 7) is 1.24. The van der Waals surface area contributed by atoms with Crippen molar-refractivity contribution in [3.05, 3.63) is 42.0 Å². The molecule has 5 nitrogen and oxygen atoms in total. The first-order chi connectivity index (χ1) is 8.24. The molecular weight excluding hydrogens is 216 g/mol. The maximum atomic E-state index is 5.14. The fraction of sp³-hybridized carbons (Fsp3) is 0.333. The third kappa shape index (κ3) is 3.57. The van der Waals surface area contributed by atoms with Gasteiger partial charge in [0, 0.05) is 5.69 Å². The average Bonchev–Trinajstić information content (AvgIpc) is 2.75. The number of benzene rings is 1. The van der Waals surface area contributed by atoms with Gasteiger partial charge in [0.05, 0.1) is 13.1 Å². The Bertz CT molecular complexity index is 453. The average molecular weight is 232 g/mol. The van der Waals surface area contributed by atoms with Crippen LogP contribution in [-0.2, 0) is 13.1 Å². The maximum Gasteiger partial charge on any atom is 0.245 e. The highest BCUT2D eigenvalue weighted by atomic mass is 16.5. The van der Waals surface area contributed by atoms with E-state index in [1.54, 1.807) is 0 Å². The van der Waals surface area contributed by atoms with E-state index >= 15 is 0 Å². The van der Waals surface area contributed by atoms with E-state index in [1.807, 2.05) is 49.3 Å². The Balaban J connectivity index is 1.89. The van der Waals surface area contributed by atoms with Gasteiger partial charge >= 0.3 is 0 Å². The number of hydrogen-bond acceptors (Lipinski definition) is 5. The minimum Gasteiger partial charge on any atom is -0.376 e. The largest absolute Gasteiger partial charge is 0.376 e. The molecular formula is C12H16N4O. The second-order valence-corrected chi connectivity index (χ2v) is 4.06. The maximum absolute atomic E-state index is 5.14. The lowest BCUT2D eigenvalue weighted by Crippen LogP contribution is -2.11. The van der Waals surface area contributed by atoms with Crippen LogP contribution in [0.2, 0.25) is 0 Å². The van der Waals surface area contributed by atoms with Crippen molar-refractivity contribution in [2.45, 2.75) is 13.1 Å². The lowest BCUT2D eigenvalue weighted by molar-refractivity contribution is 0.351. The Morgan fingerprint density at radius 3 is 2.71 bits per heavy atom. The molecule has 0 fully saturated rings. The molecule has 1 N–H and O–H groups in total. The van der Waals surface area contributed by atoms with Crippen molar-refractivity contribution in [2.75, 3.05) is 19.4 Å². The SMILES string of the molecule is CN(C)Cc1noc(CNc2ccccc2)n1. The Morgan fingerprint density at radius 2 is 2.00 bits per heavy atom. The zero-order chi connectivity index (χ0) is 12.1. The summed E-state index contributed by atoms with van der Waals surface area (Å²) in [5, 5.41) is 7.12. The second-order valence-electron chi connectivity index (χ2n) is 4.06. The van der Waals surface area contributed by atoms with Crippen molar-refractivity contribution in [1.29, 1.82) is 0 Å². The standard InChI is InChI=1S/C12H16N4O/c1-16(2)9-11-14-12(17-15-11)8-13-10-6-4-3-5-7-10/h3-7,13H,8-9H2,1-2H3. The number of anilines is 1. The highest BCUT2D eigenvalue weighted by Crippen LogP contribution is 2.07. The molecule has 1 aromatic carbocycles. The first kappa shape index (κ1) is 11.6. The van der Waals surface area contributed by atoms with Gasteiger partial charge < -0.3 is 14.7 Å². The van der Waals surface area contributed by atoms with Crippen molar-refractivity contribution in [3.63, 3.8) is 0 Å². The molecule has 17 heavy (non-hydrogen) atoms. The number of aromatic nitrogens is 2. The number of hydrogen-bond donors (Lipinski definition) is 1. The smallest absolute Gasteiger partial charge is 0.245 e. The van der Waals surface area contributed by atoms with Crippen molar-refractivity contribution in [1.82, 2.24) is 15.0 Å². The van der Waals surface area contributed by atoms with Gasteiger partial charge in [0.1, 0.15) is 0 Å². The molecule has 0 radical (unpaired) electrons. The van der Waals surface area contributed by atoms with Gasteiger partial charge in [0.15, 0.2) is 5.82 Å². The van der Waals surface area contributed by atoms with E-state index in [-0.39, 0.29) is 0 Å². The van der Waals surface area contributed by atoms with E-state index in [0.717, 1.165) is 5.69 Å². The Labute approximate surface area is 100 Å². The van der Waals surface area contributed by atoms with Crippen LogP contribution < -0.4 is 5.32 Å². The molecule has 0 aliphatic carbocycles. The molecule has 0 saturated heterocycles. The predicted molar refractivity (Wildman–Crippen MR) is 65.5 cm³/mol. The summed E-state index contributed by atoms with van der Waals surface area (Å²) in [6, 6.07) is 9.93. The van der Waals surface area contributed by atoms with E-state index in [4.69, 9.17) is 4.52 Å². The van der Waals surface area contributed by atoms with E-state index in [0.29, 0.717) is 24.8 Å². The van der Waals surface area contributed by atoms with Crippen LogP contribution in [0.25, 0.3) is 0 Å². The number of nitrogens with zero attached hydrogens (tertiary/aromatic N) is 3. The molecule has 1 heterocycles. The van der Waals surface area contributed by atoms with Gasteiger partial charge in [-0.3, -0.25) is 0 Å². The molecule has 1 aromatic heterocycles. The summed E-state index contributed by atoms with van der Waals surface area (Å²) in [5.41, 5.74) is 1.04. The van der Waals surface area contributed by atoms with E-state index in [2.05, 4.69) is 15.5 Å². The third-order valence-electron chi connectivity index (χ3n) is 2.19. The number of rotatable bonds is 5. The Hall–Kier alpha value is -1.88. The van der Waals surface area contributed by atoms with Crippen LogP contribution in [0.1, 0.15) is 11.7 Å². The van der Waals surface area contributed by atoms with E-state index in [1.165, 1.54) is 0 Å². The van der Waals surface area contributed by atoms with Gasteiger partial charge in [0.2, 0.25) is 5.89 Å². The van der Waals surface area contributed by atoms with Crippen LogP contribution in [0, 0.1) is 0 Å². The molecule has 5 heteroatoms. The lowest BCUT2D eigenvalue weighted by atomic mass is 10.3. The molecule has 2 rings (SSSR count). The van der Waals surface area contributed by atoms with Crippen LogP contribution in [0.15, 0.2) is 34.9 Å². The van der Waals surface area contributed by atoms with Crippen molar-refractivity contribution in [3.8, 4) is 0 Å². The van der Waals surface area contributed by atoms with Crippen LogP contribution in [0.3, 0.4) is 0 Å². The Morgan fingerprint density at radius 1 is 1.24 bits per heavy atom. The normalized spacial score (nSPS) is 10.8. The molecule has 0 saturated carbocycles. The topological polar surface area (TPSA) is 54.2 Å². The van der Waals surface area contributed by atoms with E-state index < -0.39 is 0 Å². The van der Waals surface area contributed by atoms with Gasteiger partial charge in [-0.25, -0.2) is 0 Å². The summed E-state index contributed by atoms with van der Waals surface area (Å²) in [5.74, 6) is 1.31. The van der Waals surface area contributed by atoms with Crippen molar-refractivity contribution < 1.29 is 4.52 Å². The summed E-state index contributed by atoms with van der Waals surface area (Å²) >= 11 is 0. The first-order valence-electron chi connectivity index (χ1n) is 5.49. The summed E-state index contributed by atoms with van der Waals surface area (Å²) < 4.78 is 5.14. The molecule has 0 atom stereocenters. The highest BCUT2D eigenvalue weighted by molar-refractivity contribution is 5.42. The highest BCUT2D eigenvalue weighted by Gasteiger charge is 2.06. The van der Waals surface area contributed by atoms with Crippen LogP contribution >= 0.6 is 0 Å². The van der Waals surface area contributed by atoms with Gasteiger partial charge in [0.25, 0.3) is 0 Å². The monoisotopic (exact) mass is 232 g/mol. The molecule has 2 aromatic rings. The van der Waals surface area contributed by atoms with Gasteiger partial charge in [-0.15, -0.1) is 0 Å². The van der Waals surface area contributed by atoms with Crippen molar-refractivity contribution >= 4 is 5.69 Å². The molecule has 0 aliphatic heterocycles.